The van der Waals surface area contributed by atoms with Crippen LogP contribution < -0.4 is 26.0 Å². The van der Waals surface area contributed by atoms with Crippen LogP contribution in [-0.4, -0.2) is 66.0 Å². The van der Waals surface area contributed by atoms with E-state index in [1.54, 1.807) is 14.0 Å². The van der Waals surface area contributed by atoms with Crippen molar-refractivity contribution in [3.63, 3.8) is 0 Å². The summed E-state index contributed by atoms with van der Waals surface area (Å²) >= 11 is 12.3. The van der Waals surface area contributed by atoms with Crippen LogP contribution in [0.4, 0.5) is 32.5 Å². The van der Waals surface area contributed by atoms with E-state index in [9.17, 15) is 9.18 Å². The Morgan fingerprint density at radius 1 is 1.19 bits per heavy atom. The predicted octanol–water partition coefficient (Wildman–Crippen LogP) is 4.13. The molecule has 1 unspecified atom stereocenters. The lowest BCUT2D eigenvalue weighted by Gasteiger charge is -2.34. The first-order valence-corrected chi connectivity index (χ1v) is 12.0. The lowest BCUT2D eigenvalue weighted by atomic mass is 10.1. The number of nitrogens with two attached hydrogens (primary N) is 1. The Balaban J connectivity index is 1.54. The van der Waals surface area contributed by atoms with Crippen molar-refractivity contribution in [3.8, 4) is 5.75 Å². The molecule has 13 heteroatoms. The number of hydrogen-bond donors (Lipinski definition) is 3. The van der Waals surface area contributed by atoms with Gasteiger partial charge >= 0.3 is 6.03 Å². The number of anilines is 4. The zero-order valence-corrected chi connectivity index (χ0v) is 21.6. The van der Waals surface area contributed by atoms with Crippen molar-refractivity contribution in [1.82, 2.24) is 25.0 Å². The maximum absolute atomic E-state index is 14.0. The zero-order valence-electron chi connectivity index (χ0n) is 20.1. The molecule has 0 aliphatic carbocycles. The van der Waals surface area contributed by atoms with Gasteiger partial charge in [0.25, 0.3) is 0 Å². The van der Waals surface area contributed by atoms with Gasteiger partial charge in [-0.15, -0.1) is 9.78 Å². The number of amides is 1. The molecule has 192 valence electrons. The lowest BCUT2D eigenvalue weighted by Crippen LogP contribution is -2.44. The largest absolute Gasteiger partial charge is 0.494 e. The van der Waals surface area contributed by atoms with Gasteiger partial charge in [0, 0.05) is 48.5 Å². The van der Waals surface area contributed by atoms with Gasteiger partial charge < -0.3 is 30.9 Å². The van der Waals surface area contributed by atoms with Gasteiger partial charge in [0.05, 0.1) is 23.9 Å². The molecule has 4 N–H and O–H groups in total. The van der Waals surface area contributed by atoms with E-state index < -0.39 is 17.9 Å². The molecule has 10 nitrogen and oxygen atoms in total. The standard InChI is InChI=1S/C23H27Cl2FN8O2/c1-13(19-15(24)5-6-16(26)20(19)25)28-23(35)34-22(30-21(27)31-34)29-17-7-4-14(12-18(17)36-3)33-10-8-32(2)9-11-33/h4-7,12-13H,8-11H2,1-3H3,(H,28,35)(H3,27,29,30,31). The van der Waals surface area contributed by atoms with Crippen LogP contribution in [0.2, 0.25) is 10.0 Å². The number of carbonyl (C=O) groups is 1. The number of ether oxygens (including phenoxy) is 1. The fourth-order valence-corrected chi connectivity index (χ4v) is 4.67. The number of carbonyl (C=O) groups excluding carboxylic acids is 1. The van der Waals surface area contributed by atoms with E-state index in [0.29, 0.717) is 11.4 Å². The van der Waals surface area contributed by atoms with Crippen LogP contribution in [0.3, 0.4) is 0 Å². The van der Waals surface area contributed by atoms with E-state index in [4.69, 9.17) is 33.7 Å². The Morgan fingerprint density at radius 2 is 1.92 bits per heavy atom. The average molecular weight is 537 g/mol. The van der Waals surface area contributed by atoms with Crippen molar-refractivity contribution in [2.24, 2.45) is 0 Å². The van der Waals surface area contributed by atoms with Crippen LogP contribution in [0.5, 0.6) is 5.75 Å². The normalized spacial score (nSPS) is 15.0. The minimum Gasteiger partial charge on any atom is -0.494 e. The predicted molar refractivity (Wildman–Crippen MR) is 139 cm³/mol. The Bertz CT molecular complexity index is 1260. The third-order valence-corrected chi connectivity index (χ3v) is 6.68. The molecule has 1 aliphatic heterocycles. The maximum Gasteiger partial charge on any atom is 0.345 e. The number of methoxy groups -OCH3 is 1. The van der Waals surface area contributed by atoms with E-state index in [1.165, 1.54) is 6.07 Å². The number of nitrogens with zero attached hydrogens (tertiary/aromatic N) is 5. The van der Waals surface area contributed by atoms with E-state index in [1.807, 2.05) is 18.2 Å². The molecule has 0 spiro atoms. The Morgan fingerprint density at radius 3 is 2.61 bits per heavy atom. The third-order valence-electron chi connectivity index (χ3n) is 5.97. The lowest BCUT2D eigenvalue weighted by molar-refractivity contribution is 0.237. The van der Waals surface area contributed by atoms with Gasteiger partial charge in [-0.25, -0.2) is 9.18 Å². The molecule has 1 aliphatic rings. The maximum atomic E-state index is 14.0. The van der Waals surface area contributed by atoms with E-state index >= 15 is 0 Å². The molecule has 1 amide bonds. The van der Waals surface area contributed by atoms with Crippen molar-refractivity contribution in [2.75, 3.05) is 56.3 Å². The third kappa shape index (κ3) is 5.43. The molecule has 0 bridgehead atoms. The van der Waals surface area contributed by atoms with E-state index in [2.05, 4.69) is 37.6 Å². The highest BCUT2D eigenvalue weighted by molar-refractivity contribution is 6.36. The molecule has 0 radical (unpaired) electrons. The van der Waals surface area contributed by atoms with Gasteiger partial charge in [-0.1, -0.05) is 23.2 Å². The molecule has 3 aromatic rings. The second-order valence-electron chi connectivity index (χ2n) is 8.43. The van der Waals surface area contributed by atoms with Crippen LogP contribution in [-0.2, 0) is 0 Å². The van der Waals surface area contributed by atoms with Crippen molar-refractivity contribution in [2.45, 2.75) is 13.0 Å². The highest BCUT2D eigenvalue weighted by Gasteiger charge is 2.23. The average Bonchev–Trinajstić information content (AvgIpc) is 3.22. The summed E-state index contributed by atoms with van der Waals surface area (Å²) in [4.78, 5) is 21.7. The number of nitrogen functional groups attached to an aromatic ring is 1. The molecule has 1 atom stereocenters. The minimum atomic E-state index is -0.733. The second kappa shape index (κ2) is 10.8. The number of hydrogen-bond acceptors (Lipinski definition) is 8. The number of benzene rings is 2. The summed E-state index contributed by atoms with van der Waals surface area (Å²) in [6.07, 6.45) is 0. The summed E-state index contributed by atoms with van der Waals surface area (Å²) in [6.45, 7) is 5.40. The molecule has 36 heavy (non-hydrogen) atoms. The van der Waals surface area contributed by atoms with Gasteiger partial charge in [0.15, 0.2) is 0 Å². The molecular weight excluding hydrogens is 510 g/mol. The first kappa shape index (κ1) is 25.8. The first-order valence-electron chi connectivity index (χ1n) is 11.2. The quantitative estimate of drug-likeness (QED) is 0.403. The fourth-order valence-electron chi connectivity index (χ4n) is 3.97. The summed E-state index contributed by atoms with van der Waals surface area (Å²) in [5.74, 6) is -0.127. The van der Waals surface area contributed by atoms with E-state index in [-0.39, 0.29) is 27.5 Å². The Labute approximate surface area is 218 Å². The van der Waals surface area contributed by atoms with Crippen molar-refractivity contribution in [1.29, 1.82) is 0 Å². The highest BCUT2D eigenvalue weighted by atomic mass is 35.5. The first-order chi connectivity index (χ1) is 17.2. The van der Waals surface area contributed by atoms with Crippen molar-refractivity contribution < 1.29 is 13.9 Å². The number of likely N-dealkylation sites (N-methyl/N-ethyl adjacent to an activating group) is 1. The fraction of sp³-hybridized carbons (Fsp3) is 0.348. The Hall–Kier alpha value is -3.28. The molecule has 2 aromatic carbocycles. The van der Waals surface area contributed by atoms with Gasteiger partial charge in [-0.05, 0) is 38.2 Å². The van der Waals surface area contributed by atoms with Crippen molar-refractivity contribution >= 4 is 52.5 Å². The summed E-state index contributed by atoms with van der Waals surface area (Å²) < 4.78 is 20.5. The molecular formula is C23H27Cl2FN8O2. The number of piperazine rings is 1. The topological polar surface area (TPSA) is 114 Å². The van der Waals surface area contributed by atoms with Gasteiger partial charge in [-0.3, -0.25) is 0 Å². The van der Waals surface area contributed by atoms with Gasteiger partial charge in [0.2, 0.25) is 11.9 Å². The summed E-state index contributed by atoms with van der Waals surface area (Å²) in [6, 6.07) is 6.87. The van der Waals surface area contributed by atoms with Crippen LogP contribution in [0, 0.1) is 5.82 Å². The van der Waals surface area contributed by atoms with Crippen molar-refractivity contribution in [3.05, 3.63) is 51.8 Å². The SMILES string of the molecule is COc1cc(N2CCN(C)CC2)ccc1Nc1nc(N)nn1C(=O)NC(C)c1c(Cl)ccc(F)c1Cl. The number of rotatable bonds is 6. The number of aromatic nitrogens is 3. The van der Waals surface area contributed by atoms with Gasteiger partial charge in [-0.2, -0.15) is 4.98 Å². The molecule has 4 rings (SSSR count). The summed E-state index contributed by atoms with van der Waals surface area (Å²) in [5, 5.41) is 9.79. The summed E-state index contributed by atoms with van der Waals surface area (Å²) in [7, 11) is 3.67. The molecule has 0 saturated carbocycles. The van der Waals surface area contributed by atoms with Gasteiger partial charge in [0.1, 0.15) is 11.6 Å². The molecule has 2 heterocycles. The smallest absolute Gasteiger partial charge is 0.345 e. The highest BCUT2D eigenvalue weighted by Crippen LogP contribution is 2.34. The molecule has 1 aromatic heterocycles. The van der Waals surface area contributed by atoms with Crippen LogP contribution in [0.25, 0.3) is 0 Å². The van der Waals surface area contributed by atoms with Crippen LogP contribution in [0.15, 0.2) is 30.3 Å². The second-order valence-corrected chi connectivity index (χ2v) is 9.22. The van der Waals surface area contributed by atoms with Crippen LogP contribution >= 0.6 is 23.2 Å². The van der Waals surface area contributed by atoms with E-state index in [0.717, 1.165) is 42.6 Å². The Kier molecular flexibility index (Phi) is 7.72. The number of nitrogens with one attached hydrogen (secondary N) is 2. The minimum absolute atomic E-state index is 0.0688. The number of halogens is 3. The monoisotopic (exact) mass is 536 g/mol. The zero-order chi connectivity index (χ0) is 26.0. The molecule has 1 fully saturated rings. The molecule has 1 saturated heterocycles. The summed E-state index contributed by atoms with van der Waals surface area (Å²) in [5.41, 5.74) is 7.63. The van der Waals surface area contributed by atoms with Crippen LogP contribution in [0.1, 0.15) is 18.5 Å².